The molecule has 3 saturated heterocycles. The van der Waals surface area contributed by atoms with Crippen molar-refractivity contribution in [2.45, 2.75) is 57.5 Å². The number of rotatable bonds is 3. The van der Waals surface area contributed by atoms with Gasteiger partial charge < -0.3 is 19.3 Å². The Morgan fingerprint density at radius 1 is 0.958 bits per heavy atom. The number of ether oxygens (including phenoxy) is 2. The molecule has 132 valence electrons. The van der Waals surface area contributed by atoms with Gasteiger partial charge in [0.15, 0.2) is 0 Å². The number of fused-ring (bicyclic) bond motifs is 2. The topological polar surface area (TPSA) is 63.6 Å². The molecule has 0 aliphatic carbocycles. The van der Waals surface area contributed by atoms with E-state index >= 15 is 0 Å². The van der Waals surface area contributed by atoms with Crippen LogP contribution in [0.4, 0.5) is 11.9 Å². The monoisotopic (exact) mass is 353 g/mol. The zero-order chi connectivity index (χ0) is 16.7. The van der Waals surface area contributed by atoms with Crippen LogP contribution >= 0.6 is 11.6 Å². The standard InChI is InChI=1S/C16H24ClN5O2/c1-3-11-7-21(6-10(2)23-11)15-18-14(17)19-16(20-15)22-8-12-4-5-13(9-22)24-12/h10-13H,3-9H2,1-2H3. The molecule has 4 heterocycles. The Labute approximate surface area is 147 Å². The molecule has 3 aliphatic rings. The summed E-state index contributed by atoms with van der Waals surface area (Å²) >= 11 is 6.21. The van der Waals surface area contributed by atoms with E-state index in [9.17, 15) is 0 Å². The summed E-state index contributed by atoms with van der Waals surface area (Å²) in [6.07, 6.45) is 4.14. The highest BCUT2D eigenvalue weighted by Crippen LogP contribution is 2.29. The predicted octanol–water partition coefficient (Wildman–Crippen LogP) is 1.90. The van der Waals surface area contributed by atoms with Crippen molar-refractivity contribution in [3.05, 3.63) is 5.28 Å². The van der Waals surface area contributed by atoms with Gasteiger partial charge >= 0.3 is 0 Å². The molecule has 4 atom stereocenters. The normalized spacial score (nSPS) is 33.1. The molecule has 7 nitrogen and oxygen atoms in total. The van der Waals surface area contributed by atoms with Gasteiger partial charge in [-0.1, -0.05) is 6.92 Å². The third-order valence-electron chi connectivity index (χ3n) is 4.98. The van der Waals surface area contributed by atoms with Crippen molar-refractivity contribution in [3.63, 3.8) is 0 Å². The van der Waals surface area contributed by atoms with Crippen molar-refractivity contribution in [1.82, 2.24) is 15.0 Å². The minimum atomic E-state index is 0.155. The first kappa shape index (κ1) is 16.3. The molecule has 0 amide bonds. The fourth-order valence-electron chi connectivity index (χ4n) is 3.82. The van der Waals surface area contributed by atoms with E-state index in [2.05, 4.69) is 33.6 Å². The minimum Gasteiger partial charge on any atom is -0.372 e. The van der Waals surface area contributed by atoms with Crippen LogP contribution in [0.25, 0.3) is 0 Å². The molecule has 1 aromatic heterocycles. The Morgan fingerprint density at radius 3 is 2.21 bits per heavy atom. The van der Waals surface area contributed by atoms with E-state index in [4.69, 9.17) is 26.1 Å². The molecular weight excluding hydrogens is 330 g/mol. The van der Waals surface area contributed by atoms with Gasteiger partial charge in [-0.2, -0.15) is 15.0 Å². The maximum absolute atomic E-state index is 6.21. The number of hydrogen-bond donors (Lipinski definition) is 0. The summed E-state index contributed by atoms with van der Waals surface area (Å²) in [5.74, 6) is 1.31. The van der Waals surface area contributed by atoms with Gasteiger partial charge in [0.1, 0.15) is 0 Å². The van der Waals surface area contributed by atoms with E-state index in [0.717, 1.165) is 45.4 Å². The third-order valence-corrected chi connectivity index (χ3v) is 5.14. The number of nitrogens with zero attached hydrogens (tertiary/aromatic N) is 5. The lowest BCUT2D eigenvalue weighted by Crippen LogP contribution is -2.47. The van der Waals surface area contributed by atoms with Crippen LogP contribution in [-0.2, 0) is 9.47 Å². The summed E-state index contributed by atoms with van der Waals surface area (Å²) in [5.41, 5.74) is 0. The number of hydrogen-bond acceptors (Lipinski definition) is 7. The van der Waals surface area contributed by atoms with Crippen LogP contribution < -0.4 is 9.80 Å². The Hall–Kier alpha value is -1.18. The third kappa shape index (κ3) is 3.30. The first-order valence-electron chi connectivity index (χ1n) is 8.83. The Morgan fingerprint density at radius 2 is 1.58 bits per heavy atom. The molecule has 0 aromatic carbocycles. The number of anilines is 2. The van der Waals surface area contributed by atoms with E-state index in [1.54, 1.807) is 0 Å². The second-order valence-corrected chi connectivity index (χ2v) is 7.29. The fourth-order valence-corrected chi connectivity index (χ4v) is 3.98. The molecule has 0 saturated carbocycles. The van der Waals surface area contributed by atoms with Gasteiger partial charge in [-0.25, -0.2) is 0 Å². The lowest BCUT2D eigenvalue weighted by atomic mass is 10.2. The molecule has 0 N–H and O–H groups in total. The minimum absolute atomic E-state index is 0.155. The number of morpholine rings is 2. The molecule has 0 radical (unpaired) electrons. The highest BCUT2D eigenvalue weighted by atomic mass is 35.5. The van der Waals surface area contributed by atoms with Gasteiger partial charge in [-0.15, -0.1) is 0 Å². The molecule has 24 heavy (non-hydrogen) atoms. The van der Waals surface area contributed by atoms with Crippen LogP contribution in [-0.4, -0.2) is 65.5 Å². The van der Waals surface area contributed by atoms with Gasteiger partial charge in [0, 0.05) is 26.2 Å². The first-order chi connectivity index (χ1) is 11.6. The van der Waals surface area contributed by atoms with Crippen molar-refractivity contribution >= 4 is 23.5 Å². The fraction of sp³-hybridized carbons (Fsp3) is 0.812. The van der Waals surface area contributed by atoms with Crippen LogP contribution in [0.3, 0.4) is 0 Å². The van der Waals surface area contributed by atoms with Crippen LogP contribution in [0.1, 0.15) is 33.1 Å². The summed E-state index contributed by atoms with van der Waals surface area (Å²) in [6.45, 7) is 7.43. The maximum Gasteiger partial charge on any atom is 0.231 e. The van der Waals surface area contributed by atoms with Crippen molar-refractivity contribution in [2.75, 3.05) is 36.0 Å². The van der Waals surface area contributed by atoms with Crippen molar-refractivity contribution in [1.29, 1.82) is 0 Å². The molecule has 8 heteroatoms. The van der Waals surface area contributed by atoms with Gasteiger partial charge in [-0.3, -0.25) is 0 Å². The summed E-state index contributed by atoms with van der Waals surface area (Å²) in [7, 11) is 0. The maximum atomic E-state index is 6.21. The highest BCUT2D eigenvalue weighted by Gasteiger charge is 2.35. The Balaban J connectivity index is 1.57. The van der Waals surface area contributed by atoms with Gasteiger partial charge in [0.05, 0.1) is 24.4 Å². The van der Waals surface area contributed by atoms with E-state index in [0.29, 0.717) is 11.9 Å². The molecule has 1 aromatic rings. The molecule has 3 fully saturated rings. The predicted molar refractivity (Wildman–Crippen MR) is 91.8 cm³/mol. The van der Waals surface area contributed by atoms with Crippen LogP contribution in [0.15, 0.2) is 0 Å². The zero-order valence-corrected chi connectivity index (χ0v) is 14.9. The quantitative estimate of drug-likeness (QED) is 0.822. The number of halogens is 1. The molecular formula is C16H24ClN5O2. The first-order valence-corrected chi connectivity index (χ1v) is 9.21. The smallest absolute Gasteiger partial charge is 0.231 e. The lowest BCUT2D eigenvalue weighted by molar-refractivity contribution is -0.0177. The van der Waals surface area contributed by atoms with E-state index in [1.165, 1.54) is 0 Å². The highest BCUT2D eigenvalue weighted by molar-refractivity contribution is 6.28. The van der Waals surface area contributed by atoms with E-state index in [-0.39, 0.29) is 29.7 Å². The lowest BCUT2D eigenvalue weighted by Gasteiger charge is -2.37. The molecule has 3 aliphatic heterocycles. The SMILES string of the molecule is CCC1CN(c2nc(Cl)nc(N3CC4CCC(C3)O4)n2)CC(C)O1. The van der Waals surface area contributed by atoms with Crippen LogP contribution in [0.2, 0.25) is 5.28 Å². The summed E-state index contributed by atoms with van der Waals surface area (Å²) in [6, 6.07) is 0. The second kappa shape index (κ2) is 6.61. The Kier molecular flexibility index (Phi) is 4.49. The van der Waals surface area contributed by atoms with Crippen molar-refractivity contribution in [3.8, 4) is 0 Å². The van der Waals surface area contributed by atoms with Gasteiger partial charge in [0.25, 0.3) is 0 Å². The molecule has 2 bridgehead atoms. The molecule has 4 rings (SSSR count). The zero-order valence-electron chi connectivity index (χ0n) is 14.2. The van der Waals surface area contributed by atoms with Gasteiger partial charge in [-0.05, 0) is 37.8 Å². The van der Waals surface area contributed by atoms with E-state index in [1.807, 2.05) is 0 Å². The molecule has 0 spiro atoms. The van der Waals surface area contributed by atoms with Gasteiger partial charge in [0.2, 0.25) is 17.2 Å². The summed E-state index contributed by atoms with van der Waals surface area (Å²) in [5, 5.41) is 0.251. The van der Waals surface area contributed by atoms with E-state index < -0.39 is 0 Å². The number of aromatic nitrogens is 3. The summed E-state index contributed by atoms with van der Waals surface area (Å²) in [4.78, 5) is 17.8. The van der Waals surface area contributed by atoms with Crippen LogP contribution in [0.5, 0.6) is 0 Å². The van der Waals surface area contributed by atoms with Crippen molar-refractivity contribution < 1.29 is 9.47 Å². The molecule has 4 unspecified atom stereocenters. The average molecular weight is 354 g/mol. The average Bonchev–Trinajstić information content (AvgIpc) is 2.91. The van der Waals surface area contributed by atoms with Crippen molar-refractivity contribution in [2.24, 2.45) is 0 Å². The summed E-state index contributed by atoms with van der Waals surface area (Å²) < 4.78 is 11.8. The second-order valence-electron chi connectivity index (χ2n) is 6.95. The van der Waals surface area contributed by atoms with Crippen LogP contribution in [0, 0.1) is 0 Å². The Bertz CT molecular complexity index is 592. The largest absolute Gasteiger partial charge is 0.372 e.